The number of nitrogens with one attached hydrogen (secondary N) is 1. The third-order valence-electron chi connectivity index (χ3n) is 3.59. The second-order valence-corrected chi connectivity index (χ2v) is 4.73. The molecular formula is C14H19N3O3. The van der Waals surface area contributed by atoms with Crippen LogP contribution in [0.3, 0.4) is 0 Å². The van der Waals surface area contributed by atoms with Crippen LogP contribution in [0.2, 0.25) is 0 Å². The first-order valence-electron chi connectivity index (χ1n) is 6.54. The number of aliphatic hydroxyl groups excluding tert-OH is 1. The number of carbonyl (C=O) groups is 2. The third-order valence-corrected chi connectivity index (χ3v) is 3.59. The molecule has 0 aliphatic carbocycles. The van der Waals surface area contributed by atoms with Gasteiger partial charge in [0.1, 0.15) is 0 Å². The average Bonchev–Trinajstić information content (AvgIpc) is 2.69. The van der Waals surface area contributed by atoms with Crippen molar-refractivity contribution in [3.05, 3.63) is 23.8 Å². The first-order valence-corrected chi connectivity index (χ1v) is 6.54. The van der Waals surface area contributed by atoms with Crippen LogP contribution < -0.4 is 15.1 Å². The molecule has 2 rings (SSSR count). The largest absolute Gasteiger partial charge is 0.378 e. The van der Waals surface area contributed by atoms with Crippen LogP contribution in [0.1, 0.15) is 18.6 Å². The predicted octanol–water partition coefficient (Wildman–Crippen LogP) is 0.269. The molecule has 1 aromatic rings. The molecule has 6 heteroatoms. The Bertz CT molecular complexity index is 544. The van der Waals surface area contributed by atoms with Gasteiger partial charge in [0.05, 0.1) is 12.2 Å². The van der Waals surface area contributed by atoms with Gasteiger partial charge in [-0.15, -0.1) is 0 Å². The minimum Gasteiger partial charge on any atom is -0.378 e. The van der Waals surface area contributed by atoms with Crippen LogP contribution >= 0.6 is 0 Å². The second-order valence-electron chi connectivity index (χ2n) is 4.73. The van der Waals surface area contributed by atoms with E-state index < -0.39 is 6.10 Å². The summed E-state index contributed by atoms with van der Waals surface area (Å²) in [4.78, 5) is 26.6. The normalized spacial score (nSPS) is 17.1. The molecule has 2 amide bonds. The standard InChI is InChI=1S/C14H19N3O3/c1-4-17(8-12(18)15-2)9-5-6-10-11(7-9)16(3)14(20)13(10)19/h5-7,13,19H,4,8H2,1-3H3,(H,15,18). The number of anilines is 2. The summed E-state index contributed by atoms with van der Waals surface area (Å²) in [6.45, 7) is 2.89. The van der Waals surface area contributed by atoms with Crippen LogP contribution in [0.4, 0.5) is 11.4 Å². The van der Waals surface area contributed by atoms with Gasteiger partial charge in [0.2, 0.25) is 5.91 Å². The summed E-state index contributed by atoms with van der Waals surface area (Å²) in [6.07, 6.45) is -1.09. The molecule has 0 radical (unpaired) electrons. The van der Waals surface area contributed by atoms with E-state index in [1.165, 1.54) is 4.90 Å². The zero-order valence-corrected chi connectivity index (χ0v) is 11.9. The molecular weight excluding hydrogens is 258 g/mol. The minimum atomic E-state index is -1.09. The highest BCUT2D eigenvalue weighted by Gasteiger charge is 2.33. The molecule has 2 N–H and O–H groups in total. The van der Waals surface area contributed by atoms with E-state index in [2.05, 4.69) is 5.32 Å². The fraction of sp³-hybridized carbons (Fsp3) is 0.429. The van der Waals surface area contributed by atoms with E-state index >= 15 is 0 Å². The van der Waals surface area contributed by atoms with E-state index in [9.17, 15) is 14.7 Å². The first-order chi connectivity index (χ1) is 9.49. The Labute approximate surface area is 118 Å². The number of aliphatic hydroxyl groups is 1. The van der Waals surface area contributed by atoms with Crippen LogP contribution in [0.25, 0.3) is 0 Å². The number of amides is 2. The molecule has 108 valence electrons. The lowest BCUT2D eigenvalue weighted by atomic mass is 10.1. The van der Waals surface area contributed by atoms with E-state index in [4.69, 9.17) is 0 Å². The first kappa shape index (κ1) is 14.3. The molecule has 1 aromatic carbocycles. The lowest BCUT2D eigenvalue weighted by Gasteiger charge is -2.23. The Morgan fingerprint density at radius 2 is 2.20 bits per heavy atom. The number of likely N-dealkylation sites (N-methyl/N-ethyl adjacent to an activating group) is 3. The SMILES string of the molecule is CCN(CC(=O)NC)c1ccc2c(c1)N(C)C(=O)C2O. The highest BCUT2D eigenvalue weighted by molar-refractivity contribution is 6.04. The van der Waals surface area contributed by atoms with Crippen LogP contribution in [-0.2, 0) is 9.59 Å². The van der Waals surface area contributed by atoms with E-state index in [1.807, 2.05) is 24.0 Å². The second kappa shape index (κ2) is 5.50. The van der Waals surface area contributed by atoms with Crippen molar-refractivity contribution in [2.45, 2.75) is 13.0 Å². The summed E-state index contributed by atoms with van der Waals surface area (Å²) >= 11 is 0. The van der Waals surface area contributed by atoms with E-state index in [0.29, 0.717) is 17.8 Å². The van der Waals surface area contributed by atoms with E-state index in [1.54, 1.807) is 20.2 Å². The van der Waals surface area contributed by atoms with Crippen molar-refractivity contribution in [3.63, 3.8) is 0 Å². The number of fused-ring (bicyclic) bond motifs is 1. The molecule has 1 heterocycles. The maximum Gasteiger partial charge on any atom is 0.260 e. The molecule has 6 nitrogen and oxygen atoms in total. The van der Waals surface area contributed by atoms with Crippen molar-refractivity contribution < 1.29 is 14.7 Å². The quantitative estimate of drug-likeness (QED) is 0.828. The summed E-state index contributed by atoms with van der Waals surface area (Å²) in [5.41, 5.74) is 2.15. The highest BCUT2D eigenvalue weighted by Crippen LogP contribution is 2.37. The van der Waals surface area contributed by atoms with Crippen molar-refractivity contribution in [2.75, 3.05) is 37.0 Å². The molecule has 1 aliphatic rings. The number of rotatable bonds is 4. The van der Waals surface area contributed by atoms with Gasteiger partial charge in [0.25, 0.3) is 5.91 Å². The molecule has 1 unspecified atom stereocenters. The van der Waals surface area contributed by atoms with Gasteiger partial charge in [0.15, 0.2) is 6.10 Å². The van der Waals surface area contributed by atoms with Gasteiger partial charge in [-0.25, -0.2) is 0 Å². The van der Waals surface area contributed by atoms with Gasteiger partial charge in [-0.2, -0.15) is 0 Å². The molecule has 0 fully saturated rings. The van der Waals surface area contributed by atoms with Gasteiger partial charge < -0.3 is 20.2 Å². The predicted molar refractivity (Wildman–Crippen MR) is 76.8 cm³/mol. The molecule has 0 saturated heterocycles. The molecule has 20 heavy (non-hydrogen) atoms. The Morgan fingerprint density at radius 3 is 2.80 bits per heavy atom. The molecule has 1 aliphatic heterocycles. The van der Waals surface area contributed by atoms with Crippen molar-refractivity contribution in [3.8, 4) is 0 Å². The van der Waals surface area contributed by atoms with Crippen LogP contribution in [0.5, 0.6) is 0 Å². The highest BCUT2D eigenvalue weighted by atomic mass is 16.3. The van der Waals surface area contributed by atoms with Gasteiger partial charge in [-0.1, -0.05) is 6.07 Å². The van der Waals surface area contributed by atoms with Gasteiger partial charge in [-0.05, 0) is 19.1 Å². The molecule has 0 saturated carbocycles. The average molecular weight is 277 g/mol. The van der Waals surface area contributed by atoms with Gasteiger partial charge in [0, 0.05) is 31.9 Å². The number of hydrogen-bond donors (Lipinski definition) is 2. The fourth-order valence-corrected chi connectivity index (χ4v) is 2.32. The topological polar surface area (TPSA) is 72.9 Å². The summed E-state index contributed by atoms with van der Waals surface area (Å²) in [6, 6.07) is 5.39. The zero-order chi connectivity index (χ0) is 14.9. The summed E-state index contributed by atoms with van der Waals surface area (Å²) < 4.78 is 0. The summed E-state index contributed by atoms with van der Waals surface area (Å²) in [7, 11) is 3.23. The molecule has 1 atom stereocenters. The fourth-order valence-electron chi connectivity index (χ4n) is 2.32. The number of benzene rings is 1. The Hall–Kier alpha value is -2.08. The van der Waals surface area contributed by atoms with Crippen LogP contribution in [-0.4, -0.2) is 44.1 Å². The summed E-state index contributed by atoms with van der Waals surface area (Å²) in [5.74, 6) is -0.400. The van der Waals surface area contributed by atoms with Crippen molar-refractivity contribution in [1.82, 2.24) is 5.32 Å². The minimum absolute atomic E-state index is 0.0724. The van der Waals surface area contributed by atoms with Gasteiger partial charge >= 0.3 is 0 Å². The maximum absolute atomic E-state index is 11.7. The smallest absolute Gasteiger partial charge is 0.260 e. The van der Waals surface area contributed by atoms with Crippen molar-refractivity contribution in [2.24, 2.45) is 0 Å². The summed E-state index contributed by atoms with van der Waals surface area (Å²) in [5, 5.41) is 12.4. The van der Waals surface area contributed by atoms with Crippen molar-refractivity contribution in [1.29, 1.82) is 0 Å². The lowest BCUT2D eigenvalue weighted by Crippen LogP contribution is -2.35. The zero-order valence-electron chi connectivity index (χ0n) is 11.9. The maximum atomic E-state index is 11.7. The van der Waals surface area contributed by atoms with E-state index in [-0.39, 0.29) is 18.4 Å². The van der Waals surface area contributed by atoms with Crippen LogP contribution in [0.15, 0.2) is 18.2 Å². The third kappa shape index (κ3) is 2.34. The lowest BCUT2D eigenvalue weighted by molar-refractivity contribution is -0.125. The Morgan fingerprint density at radius 1 is 1.50 bits per heavy atom. The molecule has 0 bridgehead atoms. The van der Waals surface area contributed by atoms with Gasteiger partial charge in [-0.3, -0.25) is 9.59 Å². The number of hydrogen-bond acceptors (Lipinski definition) is 4. The number of nitrogens with zero attached hydrogens (tertiary/aromatic N) is 2. The Balaban J connectivity index is 2.31. The van der Waals surface area contributed by atoms with Crippen molar-refractivity contribution >= 4 is 23.2 Å². The monoisotopic (exact) mass is 277 g/mol. The van der Waals surface area contributed by atoms with E-state index in [0.717, 1.165) is 5.69 Å². The molecule has 0 aromatic heterocycles. The molecule has 0 spiro atoms. The Kier molecular flexibility index (Phi) is 3.94. The van der Waals surface area contributed by atoms with Crippen LogP contribution in [0, 0.1) is 0 Å². The number of carbonyl (C=O) groups excluding carboxylic acids is 2.